The van der Waals surface area contributed by atoms with Crippen molar-refractivity contribution in [2.24, 2.45) is 0 Å². The van der Waals surface area contributed by atoms with Gasteiger partial charge in [-0.3, -0.25) is 10.1 Å². The molecule has 0 aliphatic carbocycles. The third-order valence-electron chi connectivity index (χ3n) is 3.34. The van der Waals surface area contributed by atoms with Gasteiger partial charge in [0.05, 0.1) is 4.92 Å². The molecule has 0 spiro atoms. The number of nitrogens with zero attached hydrogens (tertiary/aromatic N) is 1. The van der Waals surface area contributed by atoms with Gasteiger partial charge >= 0.3 is 0 Å². The molecule has 0 amide bonds. The quantitative estimate of drug-likeness (QED) is 0.587. The van der Waals surface area contributed by atoms with Crippen molar-refractivity contribution in [3.63, 3.8) is 0 Å². The maximum absolute atomic E-state index is 10.9. The van der Waals surface area contributed by atoms with Crippen molar-refractivity contribution in [2.75, 3.05) is 6.61 Å². The van der Waals surface area contributed by atoms with Crippen molar-refractivity contribution in [3.05, 3.63) is 39.4 Å². The average Bonchev–Trinajstić information content (AvgIpc) is 2.36. The summed E-state index contributed by atoms with van der Waals surface area (Å²) >= 11 is 0. The summed E-state index contributed by atoms with van der Waals surface area (Å²) in [5, 5.41) is 23.1. The van der Waals surface area contributed by atoms with Gasteiger partial charge in [0.1, 0.15) is 0 Å². The number of nitro groups is 1. The zero-order chi connectivity index (χ0) is 14.4. The summed E-state index contributed by atoms with van der Waals surface area (Å²) in [5.74, 6) is 0. The van der Waals surface area contributed by atoms with Crippen molar-refractivity contribution < 1.29 is 10.0 Å². The molecule has 1 aromatic rings. The van der Waals surface area contributed by atoms with Crippen LogP contribution in [0.2, 0.25) is 0 Å². The third kappa shape index (κ3) is 4.29. The molecule has 0 aliphatic heterocycles. The Morgan fingerprint density at radius 1 is 1.42 bits per heavy atom. The second kappa shape index (κ2) is 7.21. The van der Waals surface area contributed by atoms with Gasteiger partial charge < -0.3 is 10.4 Å². The second-order valence-corrected chi connectivity index (χ2v) is 4.90. The van der Waals surface area contributed by atoms with Crippen LogP contribution < -0.4 is 5.32 Å². The molecule has 5 nitrogen and oxygen atoms in total. The highest BCUT2D eigenvalue weighted by atomic mass is 16.6. The van der Waals surface area contributed by atoms with Gasteiger partial charge in [-0.15, -0.1) is 0 Å². The fourth-order valence-electron chi connectivity index (χ4n) is 2.31. The smallest absolute Gasteiger partial charge is 0.272 e. The Morgan fingerprint density at radius 2 is 2.11 bits per heavy atom. The van der Waals surface area contributed by atoms with Crippen LogP contribution in [0.25, 0.3) is 0 Å². The van der Waals surface area contributed by atoms with Gasteiger partial charge in [0.15, 0.2) is 0 Å². The first kappa shape index (κ1) is 15.6. The summed E-state index contributed by atoms with van der Waals surface area (Å²) in [4.78, 5) is 10.6. The van der Waals surface area contributed by atoms with E-state index in [1.807, 2.05) is 13.0 Å². The third-order valence-corrected chi connectivity index (χ3v) is 3.34. The Balaban J connectivity index is 2.79. The fraction of sp³-hybridized carbons (Fsp3) is 0.571. The maximum atomic E-state index is 10.9. The normalized spacial score (nSPS) is 14.1. The molecular formula is C14H22N2O3. The zero-order valence-corrected chi connectivity index (χ0v) is 11.7. The summed E-state index contributed by atoms with van der Waals surface area (Å²) in [6.07, 6.45) is 1.64. The lowest BCUT2D eigenvalue weighted by Gasteiger charge is -2.21. The van der Waals surface area contributed by atoms with E-state index < -0.39 is 0 Å². The first-order valence-corrected chi connectivity index (χ1v) is 6.58. The van der Waals surface area contributed by atoms with E-state index >= 15 is 0 Å². The molecule has 19 heavy (non-hydrogen) atoms. The Bertz CT molecular complexity index is 435. The van der Waals surface area contributed by atoms with Gasteiger partial charge in [-0.2, -0.15) is 0 Å². The number of hydrogen-bond donors (Lipinski definition) is 2. The van der Waals surface area contributed by atoms with E-state index in [-0.39, 0.29) is 29.3 Å². The minimum absolute atomic E-state index is 0.0496. The standard InChI is InChI=1S/C14H22N2O3/c1-10(6-5-9-17)15-12(3)13-7-4-8-14(11(13)2)16(18)19/h4,7-8,10,12,15,17H,5-6,9H2,1-3H3. The minimum Gasteiger partial charge on any atom is -0.396 e. The van der Waals surface area contributed by atoms with Crippen molar-refractivity contribution in [2.45, 2.75) is 45.7 Å². The summed E-state index contributed by atoms with van der Waals surface area (Å²) in [5.41, 5.74) is 1.82. The van der Waals surface area contributed by atoms with Crippen molar-refractivity contribution >= 4 is 5.69 Å². The molecule has 0 radical (unpaired) electrons. The van der Waals surface area contributed by atoms with E-state index in [2.05, 4.69) is 12.2 Å². The van der Waals surface area contributed by atoms with E-state index in [4.69, 9.17) is 5.11 Å². The molecule has 0 fully saturated rings. The molecule has 1 rings (SSSR count). The van der Waals surface area contributed by atoms with Crippen molar-refractivity contribution in [1.82, 2.24) is 5.32 Å². The molecule has 106 valence electrons. The number of nitrogens with one attached hydrogen (secondary N) is 1. The lowest BCUT2D eigenvalue weighted by Crippen LogP contribution is -2.29. The van der Waals surface area contributed by atoms with Gasteiger partial charge in [-0.05, 0) is 39.2 Å². The predicted octanol–water partition coefficient (Wildman–Crippen LogP) is 2.71. The summed E-state index contributed by atoms with van der Waals surface area (Å²) in [6, 6.07) is 5.48. The van der Waals surface area contributed by atoms with Crippen LogP contribution >= 0.6 is 0 Å². The molecule has 0 aromatic heterocycles. The van der Waals surface area contributed by atoms with Crippen LogP contribution in [-0.2, 0) is 0 Å². The van der Waals surface area contributed by atoms with Crippen LogP contribution in [0.3, 0.4) is 0 Å². The van der Waals surface area contributed by atoms with Crippen LogP contribution in [0.5, 0.6) is 0 Å². The predicted molar refractivity (Wildman–Crippen MR) is 75.2 cm³/mol. The Kier molecular flexibility index (Phi) is 5.92. The van der Waals surface area contributed by atoms with E-state index in [0.29, 0.717) is 5.56 Å². The molecular weight excluding hydrogens is 244 g/mol. The van der Waals surface area contributed by atoms with Gasteiger partial charge in [0.25, 0.3) is 5.69 Å². The molecule has 5 heteroatoms. The first-order chi connectivity index (χ1) is 8.97. The zero-order valence-electron chi connectivity index (χ0n) is 11.7. The fourth-order valence-corrected chi connectivity index (χ4v) is 2.31. The van der Waals surface area contributed by atoms with Crippen molar-refractivity contribution in [3.8, 4) is 0 Å². The molecule has 0 saturated heterocycles. The second-order valence-electron chi connectivity index (χ2n) is 4.90. The Morgan fingerprint density at radius 3 is 2.68 bits per heavy atom. The first-order valence-electron chi connectivity index (χ1n) is 6.58. The Labute approximate surface area is 113 Å². The van der Waals surface area contributed by atoms with E-state index in [1.54, 1.807) is 13.0 Å². The highest BCUT2D eigenvalue weighted by molar-refractivity contribution is 5.45. The number of aliphatic hydroxyl groups excluding tert-OH is 1. The highest BCUT2D eigenvalue weighted by Crippen LogP contribution is 2.26. The number of rotatable bonds is 7. The van der Waals surface area contributed by atoms with Crippen LogP contribution in [0.15, 0.2) is 18.2 Å². The molecule has 1 aromatic carbocycles. The van der Waals surface area contributed by atoms with Crippen LogP contribution in [0.1, 0.15) is 43.9 Å². The van der Waals surface area contributed by atoms with Gasteiger partial charge in [0.2, 0.25) is 0 Å². The maximum Gasteiger partial charge on any atom is 0.272 e. The topological polar surface area (TPSA) is 75.4 Å². The average molecular weight is 266 g/mol. The van der Waals surface area contributed by atoms with Crippen molar-refractivity contribution in [1.29, 1.82) is 0 Å². The lowest BCUT2D eigenvalue weighted by atomic mass is 10.00. The van der Waals surface area contributed by atoms with E-state index in [1.165, 1.54) is 6.07 Å². The SMILES string of the molecule is Cc1c(C(C)NC(C)CCCO)cccc1[N+](=O)[O-]. The number of hydrogen-bond acceptors (Lipinski definition) is 4. The summed E-state index contributed by atoms with van der Waals surface area (Å²) < 4.78 is 0. The number of aliphatic hydroxyl groups is 1. The molecule has 0 heterocycles. The van der Waals surface area contributed by atoms with Crippen LogP contribution in [0.4, 0.5) is 5.69 Å². The highest BCUT2D eigenvalue weighted by Gasteiger charge is 2.17. The van der Waals surface area contributed by atoms with E-state index in [9.17, 15) is 10.1 Å². The largest absolute Gasteiger partial charge is 0.396 e. The number of benzene rings is 1. The molecule has 2 unspecified atom stereocenters. The summed E-state index contributed by atoms with van der Waals surface area (Å²) in [7, 11) is 0. The Hall–Kier alpha value is -1.46. The van der Waals surface area contributed by atoms with Gasteiger partial charge in [-0.1, -0.05) is 12.1 Å². The van der Waals surface area contributed by atoms with Crippen LogP contribution in [-0.4, -0.2) is 22.7 Å². The van der Waals surface area contributed by atoms with Gasteiger partial charge in [-0.25, -0.2) is 0 Å². The van der Waals surface area contributed by atoms with Gasteiger partial charge in [0, 0.05) is 30.3 Å². The summed E-state index contributed by atoms with van der Waals surface area (Å²) in [6.45, 7) is 6.03. The molecule has 2 N–H and O–H groups in total. The molecule has 0 bridgehead atoms. The monoisotopic (exact) mass is 266 g/mol. The lowest BCUT2D eigenvalue weighted by molar-refractivity contribution is -0.385. The molecule has 0 saturated carbocycles. The number of nitro benzene ring substituents is 1. The van der Waals surface area contributed by atoms with E-state index in [0.717, 1.165) is 18.4 Å². The minimum atomic E-state index is -0.346. The molecule has 2 atom stereocenters. The van der Waals surface area contributed by atoms with Crippen LogP contribution in [0, 0.1) is 17.0 Å². The molecule has 0 aliphatic rings.